The van der Waals surface area contributed by atoms with Crippen molar-refractivity contribution in [2.75, 3.05) is 13.1 Å². The molecule has 39 heavy (non-hydrogen) atoms. The van der Waals surface area contributed by atoms with Gasteiger partial charge in [0.05, 0.1) is 0 Å². The van der Waals surface area contributed by atoms with Gasteiger partial charge in [-0.25, -0.2) is 0 Å². The van der Waals surface area contributed by atoms with Gasteiger partial charge < -0.3 is 14.4 Å². The minimum atomic E-state index is -2.83. The highest BCUT2D eigenvalue weighted by atomic mass is 19.3. The van der Waals surface area contributed by atoms with Crippen molar-refractivity contribution in [3.63, 3.8) is 0 Å². The first kappa shape index (κ1) is 25.7. The zero-order chi connectivity index (χ0) is 27.1. The summed E-state index contributed by atoms with van der Waals surface area (Å²) in [7, 11) is 0. The summed E-state index contributed by atoms with van der Waals surface area (Å²) >= 11 is 0. The van der Waals surface area contributed by atoms with Gasteiger partial charge in [-0.2, -0.15) is 8.78 Å². The van der Waals surface area contributed by atoms with Crippen molar-refractivity contribution in [3.8, 4) is 11.5 Å². The van der Waals surface area contributed by atoms with Crippen LogP contribution in [0.25, 0.3) is 0 Å². The summed E-state index contributed by atoms with van der Waals surface area (Å²) in [5, 5.41) is 2.33. The number of likely N-dealkylation sites (tertiary alicyclic amines) is 1. The Morgan fingerprint density at radius 2 is 1.67 bits per heavy atom. The minimum absolute atomic E-state index is 0.0305. The van der Waals surface area contributed by atoms with Gasteiger partial charge in [0, 0.05) is 43.6 Å². The Labute approximate surface area is 225 Å². The van der Waals surface area contributed by atoms with E-state index in [9.17, 15) is 23.2 Å². The van der Waals surface area contributed by atoms with Gasteiger partial charge >= 0.3 is 6.61 Å². The highest BCUT2D eigenvalue weighted by Gasteiger charge is 2.41. The molecule has 0 bridgehead atoms. The monoisotopic (exact) mass is 539 g/mol. The molecule has 1 saturated carbocycles. The Bertz CT molecular complexity index is 1260. The van der Waals surface area contributed by atoms with Crippen LogP contribution in [0.4, 0.5) is 8.78 Å². The average Bonchev–Trinajstić information content (AvgIpc) is 3.20. The van der Waals surface area contributed by atoms with E-state index < -0.39 is 18.6 Å². The highest BCUT2D eigenvalue weighted by Crippen LogP contribution is 2.37. The molecule has 3 aliphatic heterocycles. The lowest BCUT2D eigenvalue weighted by Gasteiger charge is -2.48. The maximum absolute atomic E-state index is 13.0. The maximum atomic E-state index is 13.0. The van der Waals surface area contributed by atoms with Crippen LogP contribution in [-0.4, -0.2) is 65.4 Å². The molecule has 4 aliphatic rings. The molecule has 2 aromatic rings. The summed E-state index contributed by atoms with van der Waals surface area (Å²) in [5.41, 5.74) is 2.52. The van der Waals surface area contributed by atoms with E-state index in [4.69, 9.17) is 4.74 Å². The predicted octanol–water partition coefficient (Wildman–Crippen LogP) is 3.84. The van der Waals surface area contributed by atoms with Crippen molar-refractivity contribution >= 4 is 17.7 Å². The van der Waals surface area contributed by atoms with E-state index in [0.717, 1.165) is 55.6 Å². The van der Waals surface area contributed by atoms with Crippen LogP contribution < -0.4 is 14.8 Å². The number of alkyl halides is 2. The zero-order valence-corrected chi connectivity index (χ0v) is 21.5. The Kier molecular flexibility index (Phi) is 6.97. The molecule has 6 rings (SSSR count). The summed E-state index contributed by atoms with van der Waals surface area (Å²) in [6, 6.07) is 12.1. The smallest absolute Gasteiger partial charge is 0.387 e. The molecule has 1 N–H and O–H groups in total. The summed E-state index contributed by atoms with van der Waals surface area (Å²) in [5.74, 6) is 0.319. The molecule has 2 aromatic carbocycles. The fraction of sp³-hybridized carbons (Fsp3) is 0.483. The largest absolute Gasteiger partial charge is 0.489 e. The number of hydrogen-bond acceptors (Lipinski definition) is 6. The standard InChI is InChI=1S/C29H31F2N3O5/c30-29(31)39-20-7-5-17(6-8-20)19-14-33(15-19)23-3-1-2-4-25(23)38-21-9-10-22-18(13-21)16-34(28(22)37)24-11-12-26(35)32-27(24)36/h5-10,13,19,23-25,29H,1-4,11-12,14-16H2,(H,32,35,36)/t23-,24?,25-/m0/s1. The lowest BCUT2D eigenvalue weighted by atomic mass is 9.84. The van der Waals surface area contributed by atoms with Gasteiger partial charge in [-0.3, -0.25) is 24.6 Å². The van der Waals surface area contributed by atoms with E-state index >= 15 is 0 Å². The van der Waals surface area contributed by atoms with Crippen molar-refractivity contribution in [2.45, 2.75) is 75.8 Å². The molecule has 206 valence electrons. The van der Waals surface area contributed by atoms with Gasteiger partial charge in [-0.15, -0.1) is 0 Å². The molecule has 3 atom stereocenters. The number of hydrogen-bond donors (Lipinski definition) is 1. The van der Waals surface area contributed by atoms with Crippen LogP contribution in [0.2, 0.25) is 0 Å². The van der Waals surface area contributed by atoms with Crippen LogP contribution in [0.3, 0.4) is 0 Å². The third-order valence-corrected chi connectivity index (χ3v) is 8.41. The topological polar surface area (TPSA) is 88.2 Å². The van der Waals surface area contributed by atoms with Crippen molar-refractivity contribution in [1.82, 2.24) is 15.1 Å². The molecule has 2 saturated heterocycles. The van der Waals surface area contributed by atoms with Crippen molar-refractivity contribution < 1.29 is 32.6 Å². The Hall–Kier alpha value is -3.53. The molecule has 0 aromatic heterocycles. The Balaban J connectivity index is 1.08. The highest BCUT2D eigenvalue weighted by molar-refractivity contribution is 6.05. The SMILES string of the molecule is O=C1CCC(N2Cc3cc(O[C@H]4CCCC[C@@H]4N4CC(c5ccc(OC(F)F)cc5)C4)ccc3C2=O)C(=O)N1. The molecule has 3 fully saturated rings. The number of imide groups is 1. The molecule has 0 spiro atoms. The van der Waals surface area contributed by atoms with Gasteiger partial charge in [0.1, 0.15) is 23.6 Å². The number of nitrogens with zero attached hydrogens (tertiary/aromatic N) is 2. The minimum Gasteiger partial charge on any atom is -0.489 e. The lowest BCUT2D eigenvalue weighted by molar-refractivity contribution is -0.136. The van der Waals surface area contributed by atoms with Gasteiger partial charge in [0.15, 0.2) is 0 Å². The third-order valence-electron chi connectivity index (χ3n) is 8.41. The second-order valence-corrected chi connectivity index (χ2v) is 10.8. The first-order chi connectivity index (χ1) is 18.9. The van der Waals surface area contributed by atoms with Crippen molar-refractivity contribution in [2.24, 2.45) is 0 Å². The normalized spacial score (nSPS) is 25.9. The number of piperidine rings is 1. The van der Waals surface area contributed by atoms with Crippen LogP contribution >= 0.6 is 0 Å². The quantitative estimate of drug-likeness (QED) is 0.538. The summed E-state index contributed by atoms with van der Waals surface area (Å²) < 4.78 is 35.8. The van der Waals surface area contributed by atoms with E-state index in [0.29, 0.717) is 24.4 Å². The molecule has 0 radical (unpaired) electrons. The van der Waals surface area contributed by atoms with Gasteiger partial charge in [-0.05, 0) is 67.1 Å². The second kappa shape index (κ2) is 10.6. The molecule has 10 heteroatoms. The van der Waals surface area contributed by atoms with E-state index in [-0.39, 0.29) is 36.1 Å². The van der Waals surface area contributed by atoms with E-state index in [1.807, 2.05) is 24.3 Å². The van der Waals surface area contributed by atoms with Crippen molar-refractivity contribution in [3.05, 3.63) is 59.2 Å². The number of rotatable bonds is 7. The van der Waals surface area contributed by atoms with Crippen LogP contribution in [-0.2, 0) is 16.1 Å². The number of halogens is 2. The average molecular weight is 540 g/mol. The summed E-state index contributed by atoms with van der Waals surface area (Å²) in [6.45, 7) is -0.729. The lowest BCUT2D eigenvalue weighted by Crippen LogP contribution is -2.57. The van der Waals surface area contributed by atoms with Crippen LogP contribution in [0, 0.1) is 0 Å². The number of ether oxygens (including phenoxy) is 2. The molecule has 8 nitrogen and oxygen atoms in total. The second-order valence-electron chi connectivity index (χ2n) is 10.8. The Morgan fingerprint density at radius 3 is 2.41 bits per heavy atom. The fourth-order valence-corrected chi connectivity index (χ4v) is 6.35. The molecular formula is C29H31F2N3O5. The molecular weight excluding hydrogens is 508 g/mol. The molecule has 3 heterocycles. The number of carbonyl (C=O) groups excluding carboxylic acids is 3. The summed E-state index contributed by atoms with van der Waals surface area (Å²) in [4.78, 5) is 40.8. The number of fused-ring (bicyclic) bond motifs is 1. The van der Waals surface area contributed by atoms with Crippen LogP contribution in [0.15, 0.2) is 42.5 Å². The molecule has 1 aliphatic carbocycles. The van der Waals surface area contributed by atoms with E-state index in [1.54, 1.807) is 23.1 Å². The van der Waals surface area contributed by atoms with Gasteiger partial charge in [0.2, 0.25) is 11.8 Å². The maximum Gasteiger partial charge on any atom is 0.387 e. The van der Waals surface area contributed by atoms with Gasteiger partial charge in [0.25, 0.3) is 5.91 Å². The Morgan fingerprint density at radius 1 is 0.923 bits per heavy atom. The number of benzene rings is 2. The van der Waals surface area contributed by atoms with Gasteiger partial charge in [-0.1, -0.05) is 18.6 Å². The molecule has 3 amide bonds. The van der Waals surface area contributed by atoms with Crippen molar-refractivity contribution in [1.29, 1.82) is 0 Å². The zero-order valence-electron chi connectivity index (χ0n) is 21.5. The predicted molar refractivity (Wildman–Crippen MR) is 137 cm³/mol. The van der Waals surface area contributed by atoms with Crippen LogP contribution in [0.5, 0.6) is 11.5 Å². The van der Waals surface area contributed by atoms with E-state index in [1.165, 1.54) is 0 Å². The number of nitrogens with one attached hydrogen (secondary N) is 1. The molecule has 1 unspecified atom stereocenters. The van der Waals surface area contributed by atoms with Crippen LogP contribution in [0.1, 0.15) is 65.9 Å². The van der Waals surface area contributed by atoms with E-state index in [2.05, 4.69) is 15.0 Å². The third kappa shape index (κ3) is 5.22. The first-order valence-corrected chi connectivity index (χ1v) is 13.6. The fourth-order valence-electron chi connectivity index (χ4n) is 6.35. The number of carbonyl (C=O) groups is 3. The number of amides is 3. The summed E-state index contributed by atoms with van der Waals surface area (Å²) in [6.07, 6.45) is 4.82. The first-order valence-electron chi connectivity index (χ1n) is 13.6.